The number of piperazine rings is 1. The third-order valence-corrected chi connectivity index (χ3v) is 6.04. The van der Waals surface area contributed by atoms with Gasteiger partial charge in [0.05, 0.1) is 5.52 Å². The summed E-state index contributed by atoms with van der Waals surface area (Å²) < 4.78 is 42.8. The highest BCUT2D eigenvalue weighted by Crippen LogP contribution is 2.32. The van der Waals surface area contributed by atoms with Gasteiger partial charge in [-0.3, -0.25) is 4.57 Å². The standard InChI is InChI=1S/C23H23F3N6O2/c1-4-16-13-31(21-20-19(30(3)22(33)29-21)10-5-15(11-27)28-20)14(2)12-32(16)17-6-8-18(9-7-17)34-23(24,25)26/h5-10,14,16H,4,12-13H2,1-3H3/t14-,16-/m0/s1. The number of rotatable bonds is 4. The molecule has 1 fully saturated rings. The summed E-state index contributed by atoms with van der Waals surface area (Å²) in [6.07, 6.45) is -3.99. The zero-order chi connectivity index (χ0) is 24.6. The summed E-state index contributed by atoms with van der Waals surface area (Å²) in [5.74, 6) is 0.154. The van der Waals surface area contributed by atoms with Gasteiger partial charge in [0.1, 0.15) is 23.0 Å². The highest BCUT2D eigenvalue weighted by Gasteiger charge is 2.34. The van der Waals surface area contributed by atoms with Gasteiger partial charge in [-0.25, -0.2) is 9.78 Å². The number of nitrogens with zero attached hydrogens (tertiary/aromatic N) is 6. The number of anilines is 2. The Morgan fingerprint density at radius 1 is 1.12 bits per heavy atom. The van der Waals surface area contributed by atoms with Gasteiger partial charge in [0.25, 0.3) is 0 Å². The maximum Gasteiger partial charge on any atom is 0.573 e. The second kappa shape index (κ2) is 8.85. The van der Waals surface area contributed by atoms with Crippen LogP contribution in [0.5, 0.6) is 5.75 Å². The van der Waals surface area contributed by atoms with Crippen LogP contribution in [-0.4, -0.2) is 46.1 Å². The summed E-state index contributed by atoms with van der Waals surface area (Å²) >= 11 is 0. The van der Waals surface area contributed by atoms with Crippen LogP contribution < -0.4 is 20.2 Å². The van der Waals surface area contributed by atoms with Crippen molar-refractivity contribution in [2.45, 2.75) is 38.7 Å². The van der Waals surface area contributed by atoms with Crippen molar-refractivity contribution in [1.82, 2.24) is 14.5 Å². The lowest BCUT2D eigenvalue weighted by Crippen LogP contribution is -2.58. The van der Waals surface area contributed by atoms with E-state index in [1.807, 2.05) is 24.8 Å². The molecule has 0 unspecified atom stereocenters. The summed E-state index contributed by atoms with van der Waals surface area (Å²) in [5, 5.41) is 9.30. The fourth-order valence-electron chi connectivity index (χ4n) is 4.31. The molecule has 0 saturated carbocycles. The first-order chi connectivity index (χ1) is 16.1. The van der Waals surface area contributed by atoms with Crippen LogP contribution in [-0.2, 0) is 7.05 Å². The van der Waals surface area contributed by atoms with Gasteiger partial charge in [-0.15, -0.1) is 13.2 Å². The second-order valence-corrected chi connectivity index (χ2v) is 8.21. The summed E-state index contributed by atoms with van der Waals surface area (Å²) in [6, 6.07) is 11.0. The molecule has 34 heavy (non-hydrogen) atoms. The minimum atomic E-state index is -4.74. The fourth-order valence-corrected chi connectivity index (χ4v) is 4.31. The van der Waals surface area contributed by atoms with Crippen molar-refractivity contribution in [2.24, 2.45) is 7.05 Å². The molecule has 1 saturated heterocycles. The zero-order valence-corrected chi connectivity index (χ0v) is 18.9. The third kappa shape index (κ3) is 4.48. The summed E-state index contributed by atoms with van der Waals surface area (Å²) in [7, 11) is 1.61. The van der Waals surface area contributed by atoms with E-state index in [2.05, 4.69) is 19.6 Å². The van der Waals surface area contributed by atoms with Crippen molar-refractivity contribution in [3.8, 4) is 11.8 Å². The molecule has 3 heterocycles. The Morgan fingerprint density at radius 3 is 2.44 bits per heavy atom. The van der Waals surface area contributed by atoms with Crippen LogP contribution in [0, 0.1) is 11.3 Å². The number of hydrogen-bond donors (Lipinski definition) is 0. The van der Waals surface area contributed by atoms with Gasteiger partial charge in [-0.1, -0.05) is 6.92 Å². The summed E-state index contributed by atoms with van der Waals surface area (Å²) in [4.78, 5) is 25.4. The molecule has 2 aromatic heterocycles. The summed E-state index contributed by atoms with van der Waals surface area (Å²) in [5.41, 5.74) is 1.65. The van der Waals surface area contributed by atoms with Crippen molar-refractivity contribution in [1.29, 1.82) is 5.26 Å². The number of aromatic nitrogens is 3. The summed E-state index contributed by atoms with van der Waals surface area (Å²) in [6.45, 7) is 5.08. The highest BCUT2D eigenvalue weighted by molar-refractivity contribution is 5.86. The topological polar surface area (TPSA) is 87.3 Å². The molecule has 0 aliphatic carbocycles. The lowest BCUT2D eigenvalue weighted by atomic mass is 10.0. The van der Waals surface area contributed by atoms with Gasteiger partial charge >= 0.3 is 12.1 Å². The molecule has 3 aromatic rings. The van der Waals surface area contributed by atoms with E-state index in [0.29, 0.717) is 29.9 Å². The average Bonchev–Trinajstić information content (AvgIpc) is 2.80. The zero-order valence-electron chi connectivity index (χ0n) is 18.9. The Kier molecular flexibility index (Phi) is 6.08. The molecule has 1 aliphatic rings. The first-order valence-electron chi connectivity index (χ1n) is 10.8. The Morgan fingerprint density at radius 2 is 1.82 bits per heavy atom. The maximum atomic E-state index is 12.6. The number of alkyl halides is 3. The van der Waals surface area contributed by atoms with Crippen molar-refractivity contribution in [3.05, 3.63) is 52.6 Å². The number of nitriles is 1. The van der Waals surface area contributed by atoms with E-state index in [1.165, 1.54) is 16.7 Å². The van der Waals surface area contributed by atoms with Crippen molar-refractivity contribution >= 4 is 22.5 Å². The van der Waals surface area contributed by atoms with Gasteiger partial charge in [-0.05, 0) is 49.7 Å². The molecular formula is C23H23F3N6O2. The SMILES string of the molecule is CC[C@H]1CN(c2nc(=O)n(C)c3ccc(C#N)nc23)[C@@H](C)CN1c1ccc(OC(F)(F)F)cc1. The molecule has 4 rings (SSSR count). The van der Waals surface area contributed by atoms with E-state index < -0.39 is 12.1 Å². The van der Waals surface area contributed by atoms with Crippen LogP contribution in [0.2, 0.25) is 0 Å². The molecule has 0 amide bonds. The van der Waals surface area contributed by atoms with Gasteiger partial charge in [-0.2, -0.15) is 10.2 Å². The lowest BCUT2D eigenvalue weighted by molar-refractivity contribution is -0.274. The molecule has 178 valence electrons. The number of benzene rings is 1. The quantitative estimate of drug-likeness (QED) is 0.574. The van der Waals surface area contributed by atoms with Crippen LogP contribution in [0.4, 0.5) is 24.7 Å². The molecule has 11 heteroatoms. The van der Waals surface area contributed by atoms with Crippen LogP contribution in [0.3, 0.4) is 0 Å². The first kappa shape index (κ1) is 23.4. The second-order valence-electron chi connectivity index (χ2n) is 8.21. The van der Waals surface area contributed by atoms with Crippen LogP contribution in [0.1, 0.15) is 26.0 Å². The van der Waals surface area contributed by atoms with Crippen LogP contribution in [0.25, 0.3) is 11.0 Å². The van der Waals surface area contributed by atoms with Crippen molar-refractivity contribution < 1.29 is 17.9 Å². The largest absolute Gasteiger partial charge is 0.573 e. The molecule has 8 nitrogen and oxygen atoms in total. The molecule has 1 aromatic carbocycles. The van der Waals surface area contributed by atoms with Gasteiger partial charge in [0, 0.05) is 37.9 Å². The first-order valence-corrected chi connectivity index (χ1v) is 10.8. The fraction of sp³-hybridized carbons (Fsp3) is 0.391. The maximum absolute atomic E-state index is 12.6. The van der Waals surface area contributed by atoms with E-state index in [-0.39, 0.29) is 23.5 Å². The predicted octanol–water partition coefficient (Wildman–Crippen LogP) is 3.59. The Balaban J connectivity index is 1.67. The van der Waals surface area contributed by atoms with E-state index in [1.54, 1.807) is 31.3 Å². The van der Waals surface area contributed by atoms with E-state index >= 15 is 0 Å². The Bertz CT molecular complexity index is 1300. The lowest BCUT2D eigenvalue weighted by Gasteiger charge is -2.47. The molecule has 0 spiro atoms. The normalized spacial score (nSPS) is 18.7. The Labute approximate surface area is 193 Å². The third-order valence-electron chi connectivity index (χ3n) is 6.04. The van der Waals surface area contributed by atoms with Crippen molar-refractivity contribution in [3.63, 3.8) is 0 Å². The molecule has 2 atom stereocenters. The van der Waals surface area contributed by atoms with Gasteiger partial charge < -0.3 is 14.5 Å². The van der Waals surface area contributed by atoms with Crippen LogP contribution >= 0.6 is 0 Å². The molecular weight excluding hydrogens is 449 g/mol. The minimum Gasteiger partial charge on any atom is -0.406 e. The van der Waals surface area contributed by atoms with Gasteiger partial charge in [0.2, 0.25) is 0 Å². The predicted molar refractivity (Wildman–Crippen MR) is 121 cm³/mol. The van der Waals surface area contributed by atoms with Crippen molar-refractivity contribution in [2.75, 3.05) is 22.9 Å². The highest BCUT2D eigenvalue weighted by atomic mass is 19.4. The number of pyridine rings is 1. The van der Waals surface area contributed by atoms with E-state index in [4.69, 9.17) is 0 Å². The number of ether oxygens (including phenoxy) is 1. The smallest absolute Gasteiger partial charge is 0.406 e. The number of aryl methyl sites for hydroxylation is 1. The van der Waals surface area contributed by atoms with Gasteiger partial charge in [0.15, 0.2) is 5.82 Å². The average molecular weight is 472 g/mol. The number of hydrogen-bond acceptors (Lipinski definition) is 7. The molecule has 0 N–H and O–H groups in total. The molecule has 0 bridgehead atoms. The molecule has 1 aliphatic heterocycles. The molecule has 0 radical (unpaired) electrons. The minimum absolute atomic E-state index is 0.00522. The monoisotopic (exact) mass is 472 g/mol. The van der Waals surface area contributed by atoms with E-state index in [0.717, 1.165) is 12.1 Å². The van der Waals surface area contributed by atoms with E-state index in [9.17, 15) is 23.2 Å². The number of fused-ring (bicyclic) bond motifs is 1. The van der Waals surface area contributed by atoms with Crippen LogP contribution in [0.15, 0.2) is 41.2 Å². The number of halogens is 3. The Hall–Kier alpha value is -3.81.